The summed E-state index contributed by atoms with van der Waals surface area (Å²) in [4.78, 5) is 13.9. The van der Waals surface area contributed by atoms with E-state index in [2.05, 4.69) is 11.8 Å². The second-order valence-corrected chi connectivity index (χ2v) is 5.71. The number of likely N-dealkylation sites (tertiary alicyclic amines) is 1. The number of rotatable bonds is 3. The standard InChI is InChI=1S/C14H25NO/c1-12-11-15(10-8-14(12)16)9-7-13-5-3-2-4-6-13/h12-13H,2-11H2,1H3. The van der Waals surface area contributed by atoms with Crippen LogP contribution in [0.1, 0.15) is 51.9 Å². The topological polar surface area (TPSA) is 20.3 Å². The van der Waals surface area contributed by atoms with Crippen molar-refractivity contribution in [1.29, 1.82) is 0 Å². The van der Waals surface area contributed by atoms with Crippen LogP contribution in [-0.4, -0.2) is 30.3 Å². The third-order valence-electron chi connectivity index (χ3n) is 4.33. The molecule has 1 aliphatic carbocycles. The van der Waals surface area contributed by atoms with E-state index in [1.807, 2.05) is 0 Å². The molecule has 0 spiro atoms. The summed E-state index contributed by atoms with van der Waals surface area (Å²) in [5.41, 5.74) is 0. The van der Waals surface area contributed by atoms with E-state index in [-0.39, 0.29) is 5.92 Å². The van der Waals surface area contributed by atoms with Gasteiger partial charge in [-0.25, -0.2) is 0 Å². The lowest BCUT2D eigenvalue weighted by molar-refractivity contribution is -0.125. The Morgan fingerprint density at radius 3 is 2.69 bits per heavy atom. The Labute approximate surface area is 99.4 Å². The van der Waals surface area contributed by atoms with Crippen molar-refractivity contribution in [3.05, 3.63) is 0 Å². The van der Waals surface area contributed by atoms with Crippen molar-refractivity contribution in [1.82, 2.24) is 4.90 Å². The van der Waals surface area contributed by atoms with Crippen LogP contribution in [0.25, 0.3) is 0 Å². The molecule has 1 unspecified atom stereocenters. The summed E-state index contributed by atoms with van der Waals surface area (Å²) >= 11 is 0. The van der Waals surface area contributed by atoms with Crippen molar-refractivity contribution in [2.24, 2.45) is 11.8 Å². The summed E-state index contributed by atoms with van der Waals surface area (Å²) in [5, 5.41) is 0. The van der Waals surface area contributed by atoms with Gasteiger partial charge < -0.3 is 4.90 Å². The molecule has 2 nitrogen and oxygen atoms in total. The van der Waals surface area contributed by atoms with Gasteiger partial charge in [-0.3, -0.25) is 4.79 Å². The molecule has 0 amide bonds. The van der Waals surface area contributed by atoms with E-state index in [4.69, 9.17) is 0 Å². The fourth-order valence-corrected chi connectivity index (χ4v) is 3.14. The number of carbonyl (C=O) groups excluding carboxylic acids is 1. The zero-order chi connectivity index (χ0) is 11.4. The van der Waals surface area contributed by atoms with E-state index < -0.39 is 0 Å². The molecular weight excluding hydrogens is 198 g/mol. The summed E-state index contributed by atoms with van der Waals surface area (Å²) in [5.74, 6) is 1.72. The Kier molecular flexibility index (Phi) is 4.39. The highest BCUT2D eigenvalue weighted by atomic mass is 16.1. The van der Waals surface area contributed by atoms with Gasteiger partial charge in [-0.05, 0) is 18.9 Å². The van der Waals surface area contributed by atoms with Crippen molar-refractivity contribution in [2.75, 3.05) is 19.6 Å². The van der Waals surface area contributed by atoms with Gasteiger partial charge in [0.05, 0.1) is 0 Å². The Morgan fingerprint density at radius 1 is 1.25 bits per heavy atom. The zero-order valence-corrected chi connectivity index (χ0v) is 10.6. The molecule has 1 saturated carbocycles. The maximum absolute atomic E-state index is 11.4. The highest BCUT2D eigenvalue weighted by Gasteiger charge is 2.23. The Balaban J connectivity index is 1.67. The normalized spacial score (nSPS) is 29.6. The van der Waals surface area contributed by atoms with Gasteiger partial charge in [0.2, 0.25) is 0 Å². The zero-order valence-electron chi connectivity index (χ0n) is 10.6. The molecule has 1 atom stereocenters. The minimum atomic E-state index is 0.278. The molecule has 92 valence electrons. The van der Waals surface area contributed by atoms with Gasteiger partial charge in [-0.2, -0.15) is 0 Å². The van der Waals surface area contributed by atoms with Gasteiger partial charge in [0, 0.05) is 25.4 Å². The monoisotopic (exact) mass is 223 g/mol. The van der Waals surface area contributed by atoms with Crippen LogP contribution in [0.15, 0.2) is 0 Å². The van der Waals surface area contributed by atoms with Gasteiger partial charge in [0.15, 0.2) is 0 Å². The van der Waals surface area contributed by atoms with E-state index in [1.54, 1.807) is 0 Å². The quantitative estimate of drug-likeness (QED) is 0.733. The third kappa shape index (κ3) is 3.31. The van der Waals surface area contributed by atoms with Crippen LogP contribution < -0.4 is 0 Å². The van der Waals surface area contributed by atoms with Gasteiger partial charge >= 0.3 is 0 Å². The van der Waals surface area contributed by atoms with Crippen LogP contribution in [0.3, 0.4) is 0 Å². The average molecular weight is 223 g/mol. The predicted molar refractivity (Wildman–Crippen MR) is 66.4 cm³/mol. The van der Waals surface area contributed by atoms with E-state index in [0.29, 0.717) is 5.78 Å². The molecule has 0 N–H and O–H groups in total. The van der Waals surface area contributed by atoms with E-state index >= 15 is 0 Å². The minimum Gasteiger partial charge on any atom is -0.302 e. The summed E-state index contributed by atoms with van der Waals surface area (Å²) < 4.78 is 0. The summed E-state index contributed by atoms with van der Waals surface area (Å²) in [6, 6.07) is 0. The number of carbonyl (C=O) groups is 1. The molecule has 1 heterocycles. The van der Waals surface area contributed by atoms with Gasteiger partial charge in [0.1, 0.15) is 5.78 Å². The molecule has 1 saturated heterocycles. The molecular formula is C14H25NO. The first-order valence-corrected chi connectivity index (χ1v) is 7.01. The maximum Gasteiger partial charge on any atom is 0.138 e. The number of ketones is 1. The Hall–Kier alpha value is -0.370. The molecule has 0 aromatic carbocycles. The van der Waals surface area contributed by atoms with Crippen molar-refractivity contribution in [3.63, 3.8) is 0 Å². The highest BCUT2D eigenvalue weighted by Crippen LogP contribution is 2.26. The molecule has 0 bridgehead atoms. The Morgan fingerprint density at radius 2 is 2.00 bits per heavy atom. The second kappa shape index (κ2) is 5.81. The lowest BCUT2D eigenvalue weighted by Crippen LogP contribution is -2.40. The van der Waals surface area contributed by atoms with Crippen molar-refractivity contribution in [3.8, 4) is 0 Å². The molecule has 0 radical (unpaired) electrons. The Bertz CT molecular complexity index is 233. The summed E-state index contributed by atoms with van der Waals surface area (Å²) in [6.07, 6.45) is 9.38. The van der Waals surface area contributed by atoms with Crippen LogP contribution in [0, 0.1) is 11.8 Å². The first-order chi connectivity index (χ1) is 7.75. The largest absolute Gasteiger partial charge is 0.302 e. The number of nitrogens with zero attached hydrogens (tertiary/aromatic N) is 1. The van der Waals surface area contributed by atoms with Gasteiger partial charge in [-0.1, -0.05) is 39.0 Å². The van der Waals surface area contributed by atoms with Crippen molar-refractivity contribution >= 4 is 5.78 Å². The summed E-state index contributed by atoms with van der Waals surface area (Å²) in [6.45, 7) is 5.32. The van der Waals surface area contributed by atoms with Crippen LogP contribution in [0.4, 0.5) is 0 Å². The number of piperidine rings is 1. The molecule has 2 heteroatoms. The van der Waals surface area contributed by atoms with Crippen molar-refractivity contribution < 1.29 is 4.79 Å². The fraction of sp³-hybridized carbons (Fsp3) is 0.929. The average Bonchev–Trinajstić information content (AvgIpc) is 2.32. The maximum atomic E-state index is 11.4. The molecule has 0 aromatic rings. The fourth-order valence-electron chi connectivity index (χ4n) is 3.14. The molecule has 0 aromatic heterocycles. The molecule has 2 fully saturated rings. The van der Waals surface area contributed by atoms with E-state index in [1.165, 1.54) is 45.1 Å². The molecule has 16 heavy (non-hydrogen) atoms. The molecule has 2 rings (SSSR count). The first kappa shape index (κ1) is 12.1. The number of hydrogen-bond donors (Lipinski definition) is 0. The van der Waals surface area contributed by atoms with E-state index in [0.717, 1.165) is 25.4 Å². The lowest BCUT2D eigenvalue weighted by atomic mass is 9.86. The van der Waals surface area contributed by atoms with Crippen LogP contribution in [0.5, 0.6) is 0 Å². The SMILES string of the molecule is CC1CN(CCC2CCCCC2)CCC1=O. The van der Waals surface area contributed by atoms with Gasteiger partial charge in [-0.15, -0.1) is 0 Å². The predicted octanol–water partition coefficient (Wildman–Crippen LogP) is 2.87. The van der Waals surface area contributed by atoms with Gasteiger partial charge in [0.25, 0.3) is 0 Å². The lowest BCUT2D eigenvalue weighted by Gasteiger charge is -2.31. The second-order valence-electron chi connectivity index (χ2n) is 5.71. The molecule has 2 aliphatic rings. The number of hydrogen-bond acceptors (Lipinski definition) is 2. The summed E-state index contributed by atoms with van der Waals surface area (Å²) in [7, 11) is 0. The first-order valence-electron chi connectivity index (χ1n) is 7.01. The minimum absolute atomic E-state index is 0.278. The van der Waals surface area contributed by atoms with Crippen molar-refractivity contribution in [2.45, 2.75) is 51.9 Å². The smallest absolute Gasteiger partial charge is 0.138 e. The highest BCUT2D eigenvalue weighted by molar-refractivity contribution is 5.81. The number of Topliss-reactive ketones (excluding diaryl/α,β-unsaturated/α-hetero) is 1. The third-order valence-corrected chi connectivity index (χ3v) is 4.33. The van der Waals surface area contributed by atoms with Crippen LogP contribution >= 0.6 is 0 Å². The van der Waals surface area contributed by atoms with Crippen LogP contribution in [0.2, 0.25) is 0 Å². The van der Waals surface area contributed by atoms with E-state index in [9.17, 15) is 4.79 Å². The molecule has 1 aliphatic heterocycles. The van der Waals surface area contributed by atoms with Crippen LogP contribution in [-0.2, 0) is 4.79 Å².